The van der Waals surface area contributed by atoms with Crippen LogP contribution in [0.5, 0.6) is 0 Å². The Kier molecular flexibility index (Phi) is 5.87. The summed E-state index contributed by atoms with van der Waals surface area (Å²) in [6, 6.07) is 12.5. The van der Waals surface area contributed by atoms with Gasteiger partial charge in [-0.3, -0.25) is 4.79 Å². The Hall–Kier alpha value is -2.23. The lowest BCUT2D eigenvalue weighted by atomic mass is 10.1. The van der Waals surface area contributed by atoms with E-state index in [4.69, 9.17) is 0 Å². The average Bonchev–Trinajstić information content (AvgIpc) is 3.05. The Balaban J connectivity index is 1.62. The number of benzene rings is 2. The first-order valence-electron chi connectivity index (χ1n) is 8.80. The van der Waals surface area contributed by atoms with E-state index in [0.29, 0.717) is 13.0 Å². The van der Waals surface area contributed by atoms with Crippen LogP contribution in [-0.2, 0) is 37.7 Å². The van der Waals surface area contributed by atoms with Crippen molar-refractivity contribution in [1.82, 2.24) is 9.62 Å². The van der Waals surface area contributed by atoms with Gasteiger partial charge in [-0.2, -0.15) is 0 Å². The SMILES string of the molecule is CS(=O)(=O)c1ccc(S(=O)(=O)NCc2ccc(CN3CCCC3=O)cc2)cc1. The van der Waals surface area contributed by atoms with Crippen LogP contribution < -0.4 is 4.72 Å². The van der Waals surface area contributed by atoms with Crippen LogP contribution in [0.4, 0.5) is 0 Å². The van der Waals surface area contributed by atoms with E-state index < -0.39 is 19.9 Å². The molecule has 0 bridgehead atoms. The van der Waals surface area contributed by atoms with Gasteiger partial charge in [0.05, 0.1) is 9.79 Å². The van der Waals surface area contributed by atoms with Crippen molar-refractivity contribution in [3.05, 3.63) is 59.7 Å². The highest BCUT2D eigenvalue weighted by atomic mass is 32.2. The van der Waals surface area contributed by atoms with Gasteiger partial charge in [-0.05, 0) is 41.8 Å². The topological polar surface area (TPSA) is 101 Å². The molecular weight excluding hydrogens is 400 g/mol. The average molecular weight is 423 g/mol. The van der Waals surface area contributed by atoms with Gasteiger partial charge < -0.3 is 4.90 Å². The third kappa shape index (κ3) is 4.98. The molecule has 1 aliphatic rings. The Morgan fingerprint density at radius 3 is 2.00 bits per heavy atom. The highest BCUT2D eigenvalue weighted by Gasteiger charge is 2.20. The smallest absolute Gasteiger partial charge is 0.240 e. The maximum atomic E-state index is 12.4. The van der Waals surface area contributed by atoms with Crippen LogP contribution in [0.3, 0.4) is 0 Å². The number of carbonyl (C=O) groups excluding carboxylic acids is 1. The van der Waals surface area contributed by atoms with Crippen LogP contribution in [-0.4, -0.2) is 40.4 Å². The van der Waals surface area contributed by atoms with Crippen LogP contribution >= 0.6 is 0 Å². The molecule has 1 fully saturated rings. The predicted molar refractivity (Wildman–Crippen MR) is 105 cm³/mol. The zero-order valence-corrected chi connectivity index (χ0v) is 17.1. The summed E-state index contributed by atoms with van der Waals surface area (Å²) >= 11 is 0. The monoisotopic (exact) mass is 422 g/mol. The summed E-state index contributed by atoms with van der Waals surface area (Å²) in [5, 5.41) is 0. The highest BCUT2D eigenvalue weighted by Crippen LogP contribution is 2.16. The number of sulfonamides is 1. The first-order chi connectivity index (χ1) is 13.1. The molecule has 0 spiro atoms. The lowest BCUT2D eigenvalue weighted by molar-refractivity contribution is -0.128. The van der Waals surface area contributed by atoms with Gasteiger partial charge >= 0.3 is 0 Å². The Labute approximate surface area is 165 Å². The molecule has 1 heterocycles. The van der Waals surface area contributed by atoms with E-state index in [1.807, 2.05) is 29.2 Å². The van der Waals surface area contributed by atoms with Gasteiger partial charge in [0.2, 0.25) is 15.9 Å². The van der Waals surface area contributed by atoms with Crippen LogP contribution in [0, 0.1) is 0 Å². The van der Waals surface area contributed by atoms with E-state index in [0.717, 1.165) is 30.3 Å². The molecule has 0 saturated carbocycles. The fourth-order valence-electron chi connectivity index (χ4n) is 2.98. The number of hydrogen-bond acceptors (Lipinski definition) is 5. The first-order valence-corrected chi connectivity index (χ1v) is 12.2. The molecule has 2 aromatic rings. The number of likely N-dealkylation sites (tertiary alicyclic amines) is 1. The normalized spacial score (nSPS) is 15.2. The molecule has 9 heteroatoms. The fraction of sp³-hybridized carbons (Fsp3) is 0.316. The highest BCUT2D eigenvalue weighted by molar-refractivity contribution is 7.90. The minimum atomic E-state index is -3.75. The number of hydrogen-bond donors (Lipinski definition) is 1. The number of sulfone groups is 1. The summed E-state index contributed by atoms with van der Waals surface area (Å²) in [6.07, 6.45) is 2.56. The molecule has 0 atom stereocenters. The third-order valence-electron chi connectivity index (χ3n) is 4.60. The van der Waals surface area contributed by atoms with Gasteiger partial charge in [-0.1, -0.05) is 24.3 Å². The zero-order chi connectivity index (χ0) is 20.4. The van der Waals surface area contributed by atoms with Crippen LogP contribution in [0.2, 0.25) is 0 Å². The largest absolute Gasteiger partial charge is 0.338 e. The quantitative estimate of drug-likeness (QED) is 0.732. The Morgan fingerprint density at radius 2 is 1.46 bits per heavy atom. The maximum Gasteiger partial charge on any atom is 0.240 e. The van der Waals surface area contributed by atoms with Gasteiger partial charge in [0.1, 0.15) is 0 Å². The number of nitrogens with zero attached hydrogens (tertiary/aromatic N) is 1. The minimum Gasteiger partial charge on any atom is -0.338 e. The molecule has 1 aliphatic heterocycles. The second kappa shape index (κ2) is 8.02. The summed E-state index contributed by atoms with van der Waals surface area (Å²) in [7, 11) is -7.13. The van der Waals surface area contributed by atoms with Crippen molar-refractivity contribution in [3.63, 3.8) is 0 Å². The predicted octanol–water partition coefficient (Wildman–Crippen LogP) is 1.69. The molecule has 2 aromatic carbocycles. The number of nitrogens with one attached hydrogen (secondary N) is 1. The molecule has 0 unspecified atom stereocenters. The van der Waals surface area contributed by atoms with E-state index in [2.05, 4.69) is 4.72 Å². The van der Waals surface area contributed by atoms with Gasteiger partial charge in [0.25, 0.3) is 0 Å². The lowest BCUT2D eigenvalue weighted by Gasteiger charge is -2.15. The molecule has 1 saturated heterocycles. The molecule has 0 radical (unpaired) electrons. The van der Waals surface area contributed by atoms with Crippen molar-refractivity contribution in [1.29, 1.82) is 0 Å². The van der Waals surface area contributed by atoms with E-state index >= 15 is 0 Å². The van der Waals surface area contributed by atoms with Gasteiger partial charge in [-0.15, -0.1) is 0 Å². The first kappa shape index (κ1) is 20.5. The molecule has 1 N–H and O–H groups in total. The van der Waals surface area contributed by atoms with Crippen molar-refractivity contribution in [3.8, 4) is 0 Å². The van der Waals surface area contributed by atoms with Gasteiger partial charge in [0.15, 0.2) is 9.84 Å². The molecule has 3 rings (SSSR count). The maximum absolute atomic E-state index is 12.4. The molecule has 28 heavy (non-hydrogen) atoms. The summed E-state index contributed by atoms with van der Waals surface area (Å²) in [4.78, 5) is 13.6. The van der Waals surface area contributed by atoms with Crippen molar-refractivity contribution in [2.75, 3.05) is 12.8 Å². The number of rotatable bonds is 7. The van der Waals surface area contributed by atoms with Crippen molar-refractivity contribution >= 4 is 25.8 Å². The second-order valence-electron chi connectivity index (χ2n) is 6.80. The zero-order valence-electron chi connectivity index (χ0n) is 15.5. The Morgan fingerprint density at radius 1 is 0.893 bits per heavy atom. The minimum absolute atomic E-state index is 0.00376. The van der Waals surface area contributed by atoms with Crippen molar-refractivity contribution in [2.24, 2.45) is 0 Å². The number of amides is 1. The van der Waals surface area contributed by atoms with Gasteiger partial charge in [-0.25, -0.2) is 21.6 Å². The van der Waals surface area contributed by atoms with Crippen LogP contribution in [0.15, 0.2) is 58.3 Å². The molecule has 0 aromatic heterocycles. The summed E-state index contributed by atoms with van der Waals surface area (Å²) in [5.74, 6) is 0.165. The summed E-state index contributed by atoms with van der Waals surface area (Å²) in [6.45, 7) is 1.45. The molecule has 0 aliphatic carbocycles. The summed E-state index contributed by atoms with van der Waals surface area (Å²) < 4.78 is 50.2. The van der Waals surface area contributed by atoms with E-state index in [-0.39, 0.29) is 22.2 Å². The van der Waals surface area contributed by atoms with E-state index in [9.17, 15) is 21.6 Å². The number of carbonyl (C=O) groups is 1. The third-order valence-corrected chi connectivity index (χ3v) is 7.14. The van der Waals surface area contributed by atoms with Crippen molar-refractivity contribution in [2.45, 2.75) is 35.7 Å². The van der Waals surface area contributed by atoms with E-state index in [1.165, 1.54) is 24.3 Å². The fourth-order valence-corrected chi connectivity index (χ4v) is 4.63. The lowest BCUT2D eigenvalue weighted by Crippen LogP contribution is -2.24. The van der Waals surface area contributed by atoms with Gasteiger partial charge in [0, 0.05) is 32.3 Å². The Bertz CT molecular complexity index is 1060. The van der Waals surface area contributed by atoms with Crippen LogP contribution in [0.1, 0.15) is 24.0 Å². The van der Waals surface area contributed by atoms with E-state index in [1.54, 1.807) is 0 Å². The summed E-state index contributed by atoms with van der Waals surface area (Å²) in [5.41, 5.74) is 1.78. The molecule has 7 nitrogen and oxygen atoms in total. The second-order valence-corrected chi connectivity index (χ2v) is 10.6. The van der Waals surface area contributed by atoms with Crippen molar-refractivity contribution < 1.29 is 21.6 Å². The molecular formula is C19H22N2O5S2. The molecule has 1 amide bonds. The van der Waals surface area contributed by atoms with Crippen LogP contribution in [0.25, 0.3) is 0 Å². The standard InChI is InChI=1S/C19H22N2O5S2/c1-27(23,24)17-8-10-18(11-9-17)28(25,26)20-13-15-4-6-16(7-5-15)14-21-12-2-3-19(21)22/h4-11,20H,2-3,12-14H2,1H3. The molecule has 150 valence electrons.